The number of carbonyl (C=O) groups is 2. The summed E-state index contributed by atoms with van der Waals surface area (Å²) in [4.78, 5) is 23.1. The van der Waals surface area contributed by atoms with Crippen molar-refractivity contribution in [2.24, 2.45) is 0 Å². The Hall–Kier alpha value is -2.04. The van der Waals surface area contributed by atoms with E-state index in [-0.39, 0.29) is 23.3 Å². The second-order valence-electron chi connectivity index (χ2n) is 7.15. The topological polar surface area (TPSA) is 67.4 Å². The van der Waals surface area contributed by atoms with Gasteiger partial charge in [0.25, 0.3) is 0 Å². The van der Waals surface area contributed by atoms with E-state index in [1.165, 1.54) is 5.56 Å². The van der Waals surface area contributed by atoms with Gasteiger partial charge in [-0.3, -0.25) is 9.59 Å². The molecule has 1 aromatic rings. The number of ether oxygens (including phenoxy) is 1. The Kier molecular flexibility index (Phi) is 5.29. The zero-order chi connectivity index (χ0) is 17.0. The molecule has 1 fully saturated rings. The lowest BCUT2D eigenvalue weighted by Gasteiger charge is -2.20. The van der Waals surface area contributed by atoms with Crippen LogP contribution in [0.25, 0.3) is 0 Å². The lowest BCUT2D eigenvalue weighted by molar-refractivity contribution is -0.126. The van der Waals surface area contributed by atoms with Crippen molar-refractivity contribution in [3.8, 4) is 5.75 Å². The first-order valence-corrected chi connectivity index (χ1v) is 8.09. The van der Waals surface area contributed by atoms with Crippen LogP contribution in [0, 0.1) is 0 Å². The lowest BCUT2D eigenvalue weighted by Crippen LogP contribution is -2.46. The Bertz CT molecular complexity index is 561. The van der Waals surface area contributed by atoms with Crippen LogP contribution in [0.15, 0.2) is 24.3 Å². The SMILES string of the molecule is C[C@@H](COc1ccc(C(C)(C)C)cc1)NC(=O)[C@H]1CCC(=O)N1. The minimum absolute atomic E-state index is 0.0620. The first kappa shape index (κ1) is 17.3. The Labute approximate surface area is 137 Å². The summed E-state index contributed by atoms with van der Waals surface area (Å²) in [6.07, 6.45) is 0.982. The van der Waals surface area contributed by atoms with Crippen molar-refractivity contribution in [2.75, 3.05) is 6.61 Å². The summed E-state index contributed by atoms with van der Waals surface area (Å²) in [5.74, 6) is 0.580. The summed E-state index contributed by atoms with van der Waals surface area (Å²) in [6.45, 7) is 8.78. The third kappa shape index (κ3) is 4.98. The van der Waals surface area contributed by atoms with Crippen LogP contribution in [-0.4, -0.2) is 30.5 Å². The average molecular weight is 318 g/mol. The number of amides is 2. The van der Waals surface area contributed by atoms with Gasteiger partial charge in [-0.2, -0.15) is 0 Å². The highest BCUT2D eigenvalue weighted by Crippen LogP contribution is 2.24. The molecule has 23 heavy (non-hydrogen) atoms. The van der Waals surface area contributed by atoms with Crippen LogP contribution in [0.1, 0.15) is 46.1 Å². The van der Waals surface area contributed by atoms with E-state index in [2.05, 4.69) is 43.5 Å². The van der Waals surface area contributed by atoms with Gasteiger partial charge in [0.15, 0.2) is 0 Å². The molecule has 126 valence electrons. The van der Waals surface area contributed by atoms with Crippen molar-refractivity contribution in [3.05, 3.63) is 29.8 Å². The van der Waals surface area contributed by atoms with E-state index in [4.69, 9.17) is 4.74 Å². The summed E-state index contributed by atoms with van der Waals surface area (Å²) in [5.41, 5.74) is 1.37. The van der Waals surface area contributed by atoms with E-state index >= 15 is 0 Å². The van der Waals surface area contributed by atoms with Crippen LogP contribution >= 0.6 is 0 Å². The summed E-state index contributed by atoms with van der Waals surface area (Å²) < 4.78 is 5.72. The van der Waals surface area contributed by atoms with Gasteiger partial charge in [-0.15, -0.1) is 0 Å². The number of carbonyl (C=O) groups excluding carboxylic acids is 2. The van der Waals surface area contributed by atoms with Gasteiger partial charge in [0.05, 0.1) is 6.04 Å². The highest BCUT2D eigenvalue weighted by atomic mass is 16.5. The van der Waals surface area contributed by atoms with Gasteiger partial charge in [-0.1, -0.05) is 32.9 Å². The lowest BCUT2D eigenvalue weighted by atomic mass is 9.87. The van der Waals surface area contributed by atoms with E-state index < -0.39 is 6.04 Å². The third-order valence-electron chi connectivity index (χ3n) is 3.92. The summed E-state index contributed by atoms with van der Waals surface area (Å²) >= 11 is 0. The van der Waals surface area contributed by atoms with E-state index in [1.54, 1.807) is 0 Å². The number of rotatable bonds is 5. The third-order valence-corrected chi connectivity index (χ3v) is 3.92. The maximum absolute atomic E-state index is 12.0. The molecule has 1 aliphatic heterocycles. The molecule has 2 N–H and O–H groups in total. The molecule has 0 saturated carbocycles. The molecule has 1 saturated heterocycles. The van der Waals surface area contributed by atoms with Crippen molar-refractivity contribution in [1.29, 1.82) is 0 Å². The highest BCUT2D eigenvalue weighted by Gasteiger charge is 2.27. The monoisotopic (exact) mass is 318 g/mol. The van der Waals surface area contributed by atoms with Gasteiger partial charge in [0.2, 0.25) is 11.8 Å². The molecule has 0 aromatic heterocycles. The molecule has 2 rings (SSSR count). The van der Waals surface area contributed by atoms with Gasteiger partial charge in [0, 0.05) is 6.42 Å². The second-order valence-corrected chi connectivity index (χ2v) is 7.15. The molecule has 0 unspecified atom stereocenters. The predicted molar refractivity (Wildman–Crippen MR) is 89.4 cm³/mol. The van der Waals surface area contributed by atoms with E-state index in [9.17, 15) is 9.59 Å². The normalized spacial score (nSPS) is 19.1. The molecule has 1 aliphatic rings. The number of hydrogen-bond donors (Lipinski definition) is 2. The molecule has 0 bridgehead atoms. The molecule has 1 heterocycles. The maximum Gasteiger partial charge on any atom is 0.242 e. The molecule has 0 aliphatic carbocycles. The molecule has 5 nitrogen and oxygen atoms in total. The smallest absolute Gasteiger partial charge is 0.242 e. The van der Waals surface area contributed by atoms with Gasteiger partial charge in [-0.05, 0) is 36.5 Å². The molecule has 0 spiro atoms. The average Bonchev–Trinajstić information content (AvgIpc) is 2.91. The fourth-order valence-electron chi connectivity index (χ4n) is 2.47. The minimum atomic E-state index is -0.406. The number of hydrogen-bond acceptors (Lipinski definition) is 3. The summed E-state index contributed by atoms with van der Waals surface area (Å²) in [5, 5.41) is 5.53. The molecular formula is C18H26N2O3. The van der Waals surface area contributed by atoms with Crippen LogP contribution in [0.5, 0.6) is 5.75 Å². The van der Waals surface area contributed by atoms with Crippen LogP contribution < -0.4 is 15.4 Å². The Morgan fingerprint density at radius 1 is 1.35 bits per heavy atom. The van der Waals surface area contributed by atoms with Gasteiger partial charge in [0.1, 0.15) is 18.4 Å². The molecule has 1 aromatic carbocycles. The number of nitrogens with one attached hydrogen (secondary N) is 2. The van der Waals surface area contributed by atoms with Crippen LogP contribution in [0.4, 0.5) is 0 Å². The maximum atomic E-state index is 12.0. The Balaban J connectivity index is 1.79. The highest BCUT2D eigenvalue weighted by molar-refractivity contribution is 5.90. The second kappa shape index (κ2) is 7.02. The van der Waals surface area contributed by atoms with Crippen molar-refractivity contribution >= 4 is 11.8 Å². The molecular weight excluding hydrogens is 292 g/mol. The number of benzene rings is 1. The molecule has 5 heteroatoms. The van der Waals surface area contributed by atoms with E-state index in [0.29, 0.717) is 19.4 Å². The molecule has 0 radical (unpaired) electrons. The minimum Gasteiger partial charge on any atom is -0.491 e. The zero-order valence-corrected chi connectivity index (χ0v) is 14.3. The van der Waals surface area contributed by atoms with E-state index in [0.717, 1.165) is 5.75 Å². The van der Waals surface area contributed by atoms with Gasteiger partial charge < -0.3 is 15.4 Å². The van der Waals surface area contributed by atoms with Gasteiger partial charge >= 0.3 is 0 Å². The molecule has 2 atom stereocenters. The predicted octanol–water partition coefficient (Wildman–Crippen LogP) is 2.15. The van der Waals surface area contributed by atoms with Crippen molar-refractivity contribution < 1.29 is 14.3 Å². The van der Waals surface area contributed by atoms with Crippen LogP contribution in [0.2, 0.25) is 0 Å². The summed E-state index contributed by atoms with van der Waals surface area (Å²) in [6, 6.07) is 7.50. The fourth-order valence-corrected chi connectivity index (χ4v) is 2.47. The largest absolute Gasteiger partial charge is 0.491 e. The van der Waals surface area contributed by atoms with E-state index in [1.807, 2.05) is 19.1 Å². The first-order chi connectivity index (χ1) is 10.8. The first-order valence-electron chi connectivity index (χ1n) is 8.09. The van der Waals surface area contributed by atoms with Crippen molar-refractivity contribution in [1.82, 2.24) is 10.6 Å². The van der Waals surface area contributed by atoms with Crippen molar-refractivity contribution in [3.63, 3.8) is 0 Å². The Morgan fingerprint density at radius 3 is 2.52 bits per heavy atom. The zero-order valence-electron chi connectivity index (χ0n) is 14.3. The summed E-state index contributed by atoms with van der Waals surface area (Å²) in [7, 11) is 0. The quantitative estimate of drug-likeness (QED) is 0.874. The van der Waals surface area contributed by atoms with Gasteiger partial charge in [-0.25, -0.2) is 0 Å². The van der Waals surface area contributed by atoms with Crippen LogP contribution in [0.3, 0.4) is 0 Å². The van der Waals surface area contributed by atoms with Crippen LogP contribution in [-0.2, 0) is 15.0 Å². The standard InChI is InChI=1S/C18H26N2O3/c1-12(19-17(22)15-9-10-16(21)20-15)11-23-14-7-5-13(6-8-14)18(2,3)4/h5-8,12,15H,9-11H2,1-4H3,(H,19,22)(H,20,21)/t12-,15+/m0/s1. The Morgan fingerprint density at radius 2 is 2.00 bits per heavy atom. The fraction of sp³-hybridized carbons (Fsp3) is 0.556. The van der Waals surface area contributed by atoms with Crippen molar-refractivity contribution in [2.45, 2.75) is 58.0 Å². The molecule has 2 amide bonds.